The van der Waals surface area contributed by atoms with E-state index < -0.39 is 0 Å². The number of carbonyl (C=O) groups is 2. The minimum atomic E-state index is -0.336. The summed E-state index contributed by atoms with van der Waals surface area (Å²) in [6, 6.07) is 0.0137. The van der Waals surface area contributed by atoms with Crippen molar-refractivity contribution in [3.8, 4) is 0 Å². The number of hydrogen-bond acceptors (Lipinski definition) is 4. The fourth-order valence-corrected chi connectivity index (χ4v) is 3.11. The Balaban J connectivity index is 2.02. The first-order chi connectivity index (χ1) is 10.0. The van der Waals surface area contributed by atoms with Crippen LogP contribution in [0.15, 0.2) is 0 Å². The molecule has 0 aromatic carbocycles. The number of piperazine rings is 1. The van der Waals surface area contributed by atoms with Crippen LogP contribution in [0, 0.1) is 0 Å². The van der Waals surface area contributed by atoms with Gasteiger partial charge in [0.2, 0.25) is 11.8 Å². The van der Waals surface area contributed by atoms with Crippen LogP contribution in [-0.2, 0) is 9.59 Å². The molecule has 6 nitrogen and oxygen atoms in total. The lowest BCUT2D eigenvalue weighted by Gasteiger charge is -2.40. The van der Waals surface area contributed by atoms with E-state index in [4.69, 9.17) is 0 Å². The van der Waals surface area contributed by atoms with Crippen molar-refractivity contribution in [2.45, 2.75) is 38.3 Å². The highest BCUT2D eigenvalue weighted by Gasteiger charge is 2.32. The summed E-state index contributed by atoms with van der Waals surface area (Å²) >= 11 is 0. The van der Waals surface area contributed by atoms with Gasteiger partial charge in [-0.1, -0.05) is 13.3 Å². The fraction of sp³-hybridized carbons (Fsp3) is 0.867. The number of nitrogens with one attached hydrogen (secondary N) is 1. The Hall–Kier alpha value is -1.14. The monoisotopic (exact) mass is 296 g/mol. The normalized spacial score (nSPS) is 29.4. The van der Waals surface area contributed by atoms with Crippen molar-refractivity contribution >= 4 is 11.8 Å². The van der Waals surface area contributed by atoms with E-state index in [2.05, 4.69) is 29.2 Å². The van der Waals surface area contributed by atoms with E-state index in [1.54, 1.807) is 0 Å². The van der Waals surface area contributed by atoms with E-state index in [0.29, 0.717) is 19.0 Å². The largest absolute Gasteiger partial charge is 0.344 e. The number of nitrogens with zero attached hydrogens (tertiary/aromatic N) is 3. The maximum absolute atomic E-state index is 12.6. The second-order valence-electron chi connectivity index (χ2n) is 6.34. The van der Waals surface area contributed by atoms with Crippen molar-refractivity contribution in [3.63, 3.8) is 0 Å². The molecule has 0 aromatic heterocycles. The van der Waals surface area contributed by atoms with Crippen LogP contribution in [0.25, 0.3) is 0 Å². The third-order valence-corrected chi connectivity index (χ3v) is 4.54. The lowest BCUT2D eigenvalue weighted by Crippen LogP contribution is -2.56. The molecule has 0 saturated carbocycles. The summed E-state index contributed by atoms with van der Waals surface area (Å²) in [6.07, 6.45) is 2.04. The minimum Gasteiger partial charge on any atom is -0.344 e. The molecule has 2 atom stereocenters. The molecule has 2 unspecified atom stereocenters. The van der Waals surface area contributed by atoms with Crippen LogP contribution in [0.3, 0.4) is 0 Å². The van der Waals surface area contributed by atoms with Crippen LogP contribution < -0.4 is 5.32 Å². The van der Waals surface area contributed by atoms with Crippen molar-refractivity contribution in [2.24, 2.45) is 0 Å². The number of carbonyl (C=O) groups excluding carboxylic acids is 2. The molecule has 2 fully saturated rings. The smallest absolute Gasteiger partial charge is 0.245 e. The second kappa shape index (κ2) is 7.22. The van der Waals surface area contributed by atoms with Crippen molar-refractivity contribution in [1.82, 2.24) is 20.0 Å². The average Bonchev–Trinajstić information content (AvgIpc) is 2.57. The molecule has 0 aliphatic carbocycles. The summed E-state index contributed by atoms with van der Waals surface area (Å²) in [5.41, 5.74) is 0. The molecule has 2 rings (SSSR count). The lowest BCUT2D eigenvalue weighted by atomic mass is 10.1. The van der Waals surface area contributed by atoms with Crippen molar-refractivity contribution in [2.75, 3.05) is 46.8 Å². The molecular formula is C15H28N4O2. The average molecular weight is 296 g/mol. The van der Waals surface area contributed by atoms with Gasteiger partial charge in [0.1, 0.15) is 6.04 Å². The highest BCUT2D eigenvalue weighted by atomic mass is 16.2. The van der Waals surface area contributed by atoms with Crippen LogP contribution in [0.5, 0.6) is 0 Å². The zero-order chi connectivity index (χ0) is 15.4. The molecule has 2 saturated heterocycles. The Morgan fingerprint density at radius 3 is 2.67 bits per heavy atom. The molecule has 120 valence electrons. The van der Waals surface area contributed by atoms with Gasteiger partial charge in [0.05, 0.1) is 0 Å². The van der Waals surface area contributed by atoms with E-state index >= 15 is 0 Å². The molecule has 0 aromatic rings. The third-order valence-electron chi connectivity index (χ3n) is 4.54. The van der Waals surface area contributed by atoms with Gasteiger partial charge in [0, 0.05) is 45.2 Å². The summed E-state index contributed by atoms with van der Waals surface area (Å²) in [7, 11) is 4.24. The maximum Gasteiger partial charge on any atom is 0.245 e. The molecule has 1 N–H and O–H groups in total. The first kappa shape index (κ1) is 16.2. The van der Waals surface area contributed by atoms with Crippen molar-refractivity contribution < 1.29 is 9.59 Å². The zero-order valence-electron chi connectivity index (χ0n) is 13.5. The Kier molecular flexibility index (Phi) is 5.58. The first-order valence-corrected chi connectivity index (χ1v) is 7.98. The van der Waals surface area contributed by atoms with Crippen molar-refractivity contribution in [1.29, 1.82) is 0 Å². The molecule has 0 radical (unpaired) electrons. The number of rotatable bonds is 4. The summed E-state index contributed by atoms with van der Waals surface area (Å²) in [6.45, 7) is 6.37. The van der Waals surface area contributed by atoms with Gasteiger partial charge >= 0.3 is 0 Å². The zero-order valence-corrected chi connectivity index (χ0v) is 13.5. The SMILES string of the molecule is CCCC1NC(=O)CCN(CC2CN(C)CCN2C)C1=O. The topological polar surface area (TPSA) is 55.9 Å². The van der Waals surface area contributed by atoms with Gasteiger partial charge in [0.15, 0.2) is 0 Å². The molecule has 21 heavy (non-hydrogen) atoms. The van der Waals surface area contributed by atoms with E-state index in [0.717, 1.165) is 39.0 Å². The standard InChI is InChI=1S/C15H28N4O2/c1-4-5-13-15(21)19(7-6-14(20)16-13)11-12-10-17(2)8-9-18(12)3/h12-13H,4-11H2,1-3H3,(H,16,20). The van der Waals surface area contributed by atoms with E-state index in [1.165, 1.54) is 0 Å². The Morgan fingerprint density at radius 2 is 1.95 bits per heavy atom. The van der Waals surface area contributed by atoms with Crippen LogP contribution in [0.4, 0.5) is 0 Å². The third kappa shape index (κ3) is 4.17. The van der Waals surface area contributed by atoms with Gasteiger partial charge in [-0.3, -0.25) is 14.5 Å². The Bertz CT molecular complexity index is 388. The van der Waals surface area contributed by atoms with Gasteiger partial charge in [-0.2, -0.15) is 0 Å². The molecule has 6 heteroatoms. The highest BCUT2D eigenvalue weighted by Crippen LogP contribution is 2.13. The van der Waals surface area contributed by atoms with E-state index in [1.807, 2.05) is 11.8 Å². The van der Waals surface area contributed by atoms with Crippen LogP contribution >= 0.6 is 0 Å². The van der Waals surface area contributed by atoms with Crippen LogP contribution in [0.1, 0.15) is 26.2 Å². The Morgan fingerprint density at radius 1 is 1.19 bits per heavy atom. The predicted molar refractivity (Wildman–Crippen MR) is 82.0 cm³/mol. The van der Waals surface area contributed by atoms with E-state index in [9.17, 15) is 9.59 Å². The molecule has 0 bridgehead atoms. The summed E-state index contributed by atoms with van der Waals surface area (Å²) in [5, 5.41) is 2.86. The van der Waals surface area contributed by atoms with Gasteiger partial charge in [-0.05, 0) is 20.5 Å². The summed E-state index contributed by atoms with van der Waals surface area (Å²) < 4.78 is 0. The minimum absolute atomic E-state index is 0.00147. The van der Waals surface area contributed by atoms with E-state index in [-0.39, 0.29) is 17.9 Å². The molecule has 2 amide bonds. The summed E-state index contributed by atoms with van der Waals surface area (Å²) in [5.74, 6) is 0.0859. The molecule has 0 spiro atoms. The van der Waals surface area contributed by atoms with Gasteiger partial charge in [-0.25, -0.2) is 0 Å². The predicted octanol–water partition coefficient (Wildman–Crippen LogP) is -0.251. The number of likely N-dealkylation sites (N-methyl/N-ethyl adjacent to an activating group) is 2. The van der Waals surface area contributed by atoms with Crippen LogP contribution in [-0.4, -0.2) is 85.4 Å². The number of amides is 2. The lowest BCUT2D eigenvalue weighted by molar-refractivity contribution is -0.134. The quantitative estimate of drug-likeness (QED) is 0.777. The maximum atomic E-state index is 12.6. The first-order valence-electron chi connectivity index (χ1n) is 7.98. The highest BCUT2D eigenvalue weighted by molar-refractivity contribution is 5.89. The van der Waals surface area contributed by atoms with Gasteiger partial charge in [0.25, 0.3) is 0 Å². The fourth-order valence-electron chi connectivity index (χ4n) is 3.11. The molecular weight excluding hydrogens is 268 g/mol. The Labute approximate surface area is 127 Å². The number of hydrogen-bond donors (Lipinski definition) is 1. The summed E-state index contributed by atoms with van der Waals surface area (Å²) in [4.78, 5) is 30.9. The van der Waals surface area contributed by atoms with Gasteiger partial charge < -0.3 is 15.1 Å². The van der Waals surface area contributed by atoms with Gasteiger partial charge in [-0.15, -0.1) is 0 Å². The molecule has 2 heterocycles. The van der Waals surface area contributed by atoms with Crippen molar-refractivity contribution in [3.05, 3.63) is 0 Å². The van der Waals surface area contributed by atoms with Crippen LogP contribution in [0.2, 0.25) is 0 Å². The molecule has 2 aliphatic heterocycles. The second-order valence-corrected chi connectivity index (χ2v) is 6.34. The molecule has 2 aliphatic rings.